The highest BCUT2D eigenvalue weighted by Gasteiger charge is 2.44. The van der Waals surface area contributed by atoms with Crippen LogP contribution in [0, 0.1) is 13.8 Å². The average Bonchev–Trinajstić information content (AvgIpc) is 2.27. The first-order valence-corrected chi connectivity index (χ1v) is 30.1. The van der Waals surface area contributed by atoms with Crippen molar-refractivity contribution in [2.24, 2.45) is 40.9 Å². The standard InChI is InChI=1S/C45H45N9O24S6/c1-20-10-28(35(69-4)12-24(20)25-13-34(25)74-84(66,67)68)47-50-31-18-42(82(60,61)62)33(16-37(31)71-6)52-54-44-40(80-78-76-57)14-26-23(45(44)55)8-9-27(46)43(26)53-51-32-15-36(70-5)30(17-39(32)79-77-75-56)49-48-29-11-21(2)41(19-38(29)72-7)81(58,59)22(3)73-83(63,64)65/h8-12,14-19,22,25,34,55-57H,13,46H2,1-7H3,(H,60,61,62)(H,63,64,65)(H,66,67,68). The van der Waals surface area contributed by atoms with Crippen LogP contribution < -0.4 is 24.7 Å². The van der Waals surface area contributed by atoms with E-state index in [1.807, 2.05) is 0 Å². The summed E-state index contributed by atoms with van der Waals surface area (Å²) in [7, 11) is -14.5. The van der Waals surface area contributed by atoms with Crippen LogP contribution in [0.5, 0.6) is 28.7 Å². The predicted molar refractivity (Wildman–Crippen MR) is 292 cm³/mol. The van der Waals surface area contributed by atoms with Crippen LogP contribution in [0.4, 0.5) is 51.2 Å². The quantitative estimate of drug-likeness (QED) is 0.00662. The third-order valence-electron chi connectivity index (χ3n) is 11.8. The van der Waals surface area contributed by atoms with Gasteiger partial charge in [-0.05, 0) is 92.4 Å². The summed E-state index contributed by atoms with van der Waals surface area (Å²) in [6, 6.07) is 13.9. The van der Waals surface area contributed by atoms with Gasteiger partial charge in [0.25, 0.3) is 10.1 Å². The fourth-order valence-corrected chi connectivity index (χ4v) is 12.2. The number of hydrogen-bond acceptors (Lipinski definition) is 32. The average molecular weight is 1290 g/mol. The van der Waals surface area contributed by atoms with E-state index in [4.69, 9.17) is 48.6 Å². The third kappa shape index (κ3) is 15.2. The lowest BCUT2D eigenvalue weighted by Gasteiger charge is -2.15. The highest BCUT2D eigenvalue weighted by atomic mass is 32.3. The number of phenols is 1. The fraction of sp³-hybridized carbons (Fsp3) is 0.244. The molecule has 0 saturated heterocycles. The molecule has 0 amide bonds. The van der Waals surface area contributed by atoms with Gasteiger partial charge < -0.3 is 29.8 Å². The third-order valence-corrected chi connectivity index (χ3v) is 17.1. The molecule has 3 atom stereocenters. The summed E-state index contributed by atoms with van der Waals surface area (Å²) in [5.74, 6) is -1.19. The zero-order chi connectivity index (χ0) is 61.6. The van der Waals surface area contributed by atoms with Crippen LogP contribution in [0.2, 0.25) is 0 Å². The van der Waals surface area contributed by atoms with Crippen molar-refractivity contribution < 1.29 is 109 Å². The Morgan fingerprint density at radius 1 is 0.560 bits per heavy atom. The molecule has 0 aromatic heterocycles. The molecule has 0 aliphatic heterocycles. The van der Waals surface area contributed by atoms with Crippen LogP contribution in [0.25, 0.3) is 10.8 Å². The van der Waals surface area contributed by atoms with Gasteiger partial charge in [0.15, 0.2) is 11.2 Å². The van der Waals surface area contributed by atoms with E-state index in [1.165, 1.54) is 71.8 Å². The number of azo groups is 4. The van der Waals surface area contributed by atoms with Crippen molar-refractivity contribution in [1.29, 1.82) is 0 Å². The van der Waals surface area contributed by atoms with Crippen molar-refractivity contribution in [1.82, 2.24) is 0 Å². The normalized spacial score (nSPS) is 15.5. The molecular weight excluding hydrogens is 1240 g/mol. The number of phenolic OH excluding ortho intramolecular Hbond substituents is 1. The lowest BCUT2D eigenvalue weighted by molar-refractivity contribution is -0.432. The van der Waals surface area contributed by atoms with Gasteiger partial charge in [0, 0.05) is 34.9 Å². The molecular formula is C45H45N9O24S6. The van der Waals surface area contributed by atoms with E-state index >= 15 is 0 Å². The minimum Gasteiger partial charge on any atom is -0.505 e. The molecule has 39 heteroatoms. The Kier molecular flexibility index (Phi) is 20.2. The Balaban J connectivity index is 1.24. The minimum absolute atomic E-state index is 0.0127. The second-order valence-electron chi connectivity index (χ2n) is 17.1. The number of anilines is 1. The van der Waals surface area contributed by atoms with Gasteiger partial charge in [0.05, 0.1) is 79.0 Å². The summed E-state index contributed by atoms with van der Waals surface area (Å²) in [4.78, 5) is -1.44. The molecule has 33 nitrogen and oxygen atoms in total. The second kappa shape index (κ2) is 26.4. The highest BCUT2D eigenvalue weighted by molar-refractivity contribution is 7.95. The Morgan fingerprint density at radius 3 is 1.62 bits per heavy atom. The maximum Gasteiger partial charge on any atom is 0.398 e. The molecule has 1 aliphatic rings. The van der Waals surface area contributed by atoms with Crippen molar-refractivity contribution in [3.05, 3.63) is 83.4 Å². The van der Waals surface area contributed by atoms with Crippen LogP contribution in [-0.2, 0) is 67.9 Å². The number of nitrogen functional groups attached to an aromatic ring is 1. The number of rotatable bonds is 26. The molecule has 7 rings (SSSR count). The Labute approximate surface area is 484 Å². The minimum atomic E-state index is -5.15. The van der Waals surface area contributed by atoms with E-state index < -0.39 is 79.2 Å². The molecule has 6 aromatic rings. The van der Waals surface area contributed by atoms with E-state index in [0.717, 1.165) is 25.1 Å². The van der Waals surface area contributed by atoms with E-state index in [-0.39, 0.29) is 107 Å². The smallest absolute Gasteiger partial charge is 0.398 e. The summed E-state index contributed by atoms with van der Waals surface area (Å²) in [6.07, 6.45) is -0.507. The van der Waals surface area contributed by atoms with Crippen LogP contribution in [0.1, 0.15) is 36.0 Å². The molecule has 0 heterocycles. The van der Waals surface area contributed by atoms with Gasteiger partial charge in [0.2, 0.25) is 9.84 Å². The molecule has 450 valence electrons. The Bertz CT molecular complexity index is 4140. The number of nitrogens with zero attached hydrogens (tertiary/aromatic N) is 8. The van der Waals surface area contributed by atoms with Gasteiger partial charge in [-0.3, -0.25) is 13.7 Å². The van der Waals surface area contributed by atoms with Gasteiger partial charge in [-0.1, -0.05) is 10.1 Å². The molecule has 1 aliphatic carbocycles. The predicted octanol–water partition coefficient (Wildman–Crippen LogP) is 11.2. The number of hydrogen-bond donors (Lipinski definition) is 7. The topological polar surface area (TPSA) is 475 Å². The zero-order valence-corrected chi connectivity index (χ0v) is 48.8. The number of aryl methyl sites for hydroxylation is 2. The molecule has 3 unspecified atom stereocenters. The molecule has 1 fully saturated rings. The first-order chi connectivity index (χ1) is 39.5. The molecule has 0 spiro atoms. The maximum absolute atomic E-state index is 13.2. The number of methoxy groups -OCH3 is 4. The number of nitrogens with two attached hydrogens (primary N) is 1. The Morgan fingerprint density at radius 2 is 1.06 bits per heavy atom. The lowest BCUT2D eigenvalue weighted by Crippen LogP contribution is -2.25. The first kappa shape index (κ1) is 64.4. The summed E-state index contributed by atoms with van der Waals surface area (Å²) in [5, 5.41) is 71.1. The Hall–Kier alpha value is -7.16. The highest BCUT2D eigenvalue weighted by Crippen LogP contribution is 2.51. The van der Waals surface area contributed by atoms with Gasteiger partial charge in [0.1, 0.15) is 73.4 Å². The molecule has 84 heavy (non-hydrogen) atoms. The number of ether oxygens (including phenoxy) is 4. The summed E-state index contributed by atoms with van der Waals surface area (Å²) < 4.78 is 166. The van der Waals surface area contributed by atoms with Crippen LogP contribution >= 0.6 is 24.1 Å². The first-order valence-electron chi connectivity index (χ1n) is 22.9. The summed E-state index contributed by atoms with van der Waals surface area (Å²) in [5.41, 5.74) is 4.31. The molecule has 0 bridgehead atoms. The molecule has 8 N–H and O–H groups in total. The van der Waals surface area contributed by atoms with Gasteiger partial charge >= 0.3 is 20.8 Å². The van der Waals surface area contributed by atoms with Crippen molar-refractivity contribution in [3.8, 4) is 28.7 Å². The lowest BCUT2D eigenvalue weighted by atomic mass is 10.0. The van der Waals surface area contributed by atoms with Crippen molar-refractivity contribution >= 4 is 127 Å². The van der Waals surface area contributed by atoms with E-state index in [2.05, 4.69) is 63.7 Å². The van der Waals surface area contributed by atoms with E-state index in [9.17, 15) is 43.3 Å². The number of sulfone groups is 1. The van der Waals surface area contributed by atoms with Crippen LogP contribution in [0.3, 0.4) is 0 Å². The second-order valence-corrected chi connectivity index (χ2v) is 24.3. The molecule has 1 saturated carbocycles. The van der Waals surface area contributed by atoms with Gasteiger partial charge in [-0.2, -0.15) is 25.3 Å². The number of aromatic hydroxyl groups is 1. The zero-order valence-electron chi connectivity index (χ0n) is 43.9. The van der Waals surface area contributed by atoms with Gasteiger partial charge in [-0.15, -0.1) is 49.6 Å². The monoisotopic (exact) mass is 1290 g/mol. The SMILES string of the molecule is COc1cc(N=Nc2c(N)ccc3c(O)c(N=Nc4cc(OC)c(N=Nc5cc(C)c(C6CC6OS(=O)(=O)O)cc5OC)cc4S(=O)(=O)O)c(SOOO)cc23)c(SOOO)cc1N=Nc1cc(C)c(S(=O)(=O)C(C)OS(=O)(=O)O)cc1OC. The summed E-state index contributed by atoms with van der Waals surface area (Å²) >= 11 is 0.676. The van der Waals surface area contributed by atoms with Crippen molar-refractivity contribution in [2.75, 3.05) is 34.2 Å². The van der Waals surface area contributed by atoms with Crippen molar-refractivity contribution in [2.45, 2.75) is 64.2 Å². The van der Waals surface area contributed by atoms with Crippen LogP contribution in [-0.4, -0.2) is 103 Å². The molecule has 6 aromatic carbocycles. The van der Waals surface area contributed by atoms with Crippen molar-refractivity contribution in [3.63, 3.8) is 0 Å². The fourth-order valence-electron chi connectivity index (χ4n) is 7.91. The summed E-state index contributed by atoms with van der Waals surface area (Å²) in [6.45, 7) is 3.96. The largest absolute Gasteiger partial charge is 0.505 e. The number of fused-ring (bicyclic) bond motifs is 1. The van der Waals surface area contributed by atoms with E-state index in [1.54, 1.807) is 19.1 Å². The maximum atomic E-state index is 13.2. The molecule has 0 radical (unpaired) electrons. The van der Waals surface area contributed by atoms with Crippen LogP contribution in [0.15, 0.2) is 127 Å². The van der Waals surface area contributed by atoms with E-state index in [0.29, 0.717) is 29.6 Å². The van der Waals surface area contributed by atoms with Gasteiger partial charge in [-0.25, -0.2) is 27.3 Å². The number of benzene rings is 6.